The molecule has 0 bridgehead atoms. The van der Waals surface area contributed by atoms with Crippen molar-refractivity contribution in [1.82, 2.24) is 10.2 Å². The third-order valence-corrected chi connectivity index (χ3v) is 4.56. The molecule has 0 aromatic heterocycles. The Kier molecular flexibility index (Phi) is 7.39. The fourth-order valence-electron chi connectivity index (χ4n) is 2.70. The molecular formula is C22H28N2O2. The molecule has 4 nitrogen and oxygen atoms in total. The van der Waals surface area contributed by atoms with E-state index in [1.807, 2.05) is 74.5 Å². The first-order chi connectivity index (χ1) is 12.5. The number of hydrogen-bond acceptors (Lipinski definition) is 2. The number of carbonyl (C=O) groups excluding carboxylic acids is 2. The lowest BCUT2D eigenvalue weighted by atomic mass is 10.1. The summed E-state index contributed by atoms with van der Waals surface area (Å²) in [6.07, 6.45) is 1.14. The molecule has 1 N–H and O–H groups in total. The molecule has 2 aromatic rings. The Morgan fingerprint density at radius 3 is 2.00 bits per heavy atom. The Hall–Kier alpha value is -2.62. The summed E-state index contributed by atoms with van der Waals surface area (Å²) in [5, 5.41) is 2.98. The molecule has 4 heteroatoms. The first kappa shape index (κ1) is 19.7. The fourth-order valence-corrected chi connectivity index (χ4v) is 2.70. The van der Waals surface area contributed by atoms with Crippen LogP contribution < -0.4 is 5.32 Å². The number of rotatable bonds is 8. The topological polar surface area (TPSA) is 49.4 Å². The number of hydrogen-bond donors (Lipinski definition) is 1. The number of nitrogens with zero attached hydrogens (tertiary/aromatic N) is 1. The highest BCUT2D eigenvalue weighted by Crippen LogP contribution is 2.12. The normalized spacial score (nSPS) is 12.9. The van der Waals surface area contributed by atoms with Gasteiger partial charge in [0.05, 0.1) is 6.42 Å². The molecule has 0 aliphatic heterocycles. The van der Waals surface area contributed by atoms with Gasteiger partial charge in [0.25, 0.3) is 0 Å². The van der Waals surface area contributed by atoms with Crippen molar-refractivity contribution in [2.45, 2.75) is 52.2 Å². The zero-order chi connectivity index (χ0) is 18.9. The van der Waals surface area contributed by atoms with E-state index in [-0.39, 0.29) is 24.3 Å². The van der Waals surface area contributed by atoms with Gasteiger partial charge in [-0.1, -0.05) is 67.6 Å². The molecule has 138 valence electrons. The Balaban J connectivity index is 2.17. The minimum atomic E-state index is -0.527. The summed E-state index contributed by atoms with van der Waals surface area (Å²) >= 11 is 0. The number of amides is 2. The lowest BCUT2D eigenvalue weighted by molar-refractivity contribution is -0.140. The van der Waals surface area contributed by atoms with Crippen molar-refractivity contribution < 1.29 is 9.59 Å². The van der Waals surface area contributed by atoms with E-state index in [9.17, 15) is 9.59 Å². The predicted molar refractivity (Wildman–Crippen MR) is 104 cm³/mol. The maximum Gasteiger partial charge on any atom is 0.242 e. The van der Waals surface area contributed by atoms with Crippen LogP contribution in [0, 0.1) is 0 Å². The zero-order valence-electron chi connectivity index (χ0n) is 15.8. The van der Waals surface area contributed by atoms with E-state index in [4.69, 9.17) is 0 Å². The molecule has 0 saturated carbocycles. The molecule has 0 fully saturated rings. The smallest absolute Gasteiger partial charge is 0.242 e. The van der Waals surface area contributed by atoms with Gasteiger partial charge in [0.2, 0.25) is 11.8 Å². The molecule has 2 amide bonds. The van der Waals surface area contributed by atoms with Crippen LogP contribution in [0.15, 0.2) is 60.7 Å². The summed E-state index contributed by atoms with van der Waals surface area (Å²) in [6.45, 7) is 6.21. The van der Waals surface area contributed by atoms with E-state index in [1.54, 1.807) is 11.8 Å². The molecule has 2 rings (SSSR count). The lowest BCUT2D eigenvalue weighted by Gasteiger charge is -2.29. The number of benzene rings is 2. The second kappa shape index (κ2) is 9.76. The minimum absolute atomic E-state index is 0.0492. The summed E-state index contributed by atoms with van der Waals surface area (Å²) in [4.78, 5) is 27.2. The highest BCUT2D eigenvalue weighted by atomic mass is 16.2. The SMILES string of the molecule is CCC(C)NC(=O)C(C)N(Cc1ccccc1)C(=O)Cc1ccccc1. The number of nitrogens with one attached hydrogen (secondary N) is 1. The van der Waals surface area contributed by atoms with Crippen molar-refractivity contribution in [3.63, 3.8) is 0 Å². The van der Waals surface area contributed by atoms with Crippen molar-refractivity contribution in [3.05, 3.63) is 71.8 Å². The molecule has 2 aromatic carbocycles. The van der Waals surface area contributed by atoms with Crippen LogP contribution in [0.2, 0.25) is 0 Å². The fraction of sp³-hybridized carbons (Fsp3) is 0.364. The van der Waals surface area contributed by atoms with Crippen LogP contribution in [0.3, 0.4) is 0 Å². The summed E-state index contributed by atoms with van der Waals surface area (Å²) in [6, 6.07) is 19.0. The lowest BCUT2D eigenvalue weighted by Crippen LogP contribution is -2.49. The van der Waals surface area contributed by atoms with Gasteiger partial charge >= 0.3 is 0 Å². The van der Waals surface area contributed by atoms with Gasteiger partial charge < -0.3 is 10.2 Å². The van der Waals surface area contributed by atoms with Crippen LogP contribution in [0.4, 0.5) is 0 Å². The quantitative estimate of drug-likeness (QED) is 0.790. The molecule has 0 aliphatic rings. The Bertz CT molecular complexity index is 701. The highest BCUT2D eigenvalue weighted by molar-refractivity contribution is 5.88. The second-order valence-electron chi connectivity index (χ2n) is 6.66. The molecule has 0 aliphatic carbocycles. The molecule has 0 heterocycles. The third-order valence-electron chi connectivity index (χ3n) is 4.56. The molecule has 2 unspecified atom stereocenters. The van der Waals surface area contributed by atoms with Gasteiger partial charge in [0, 0.05) is 12.6 Å². The predicted octanol–water partition coefficient (Wildman–Crippen LogP) is 3.56. The first-order valence-electron chi connectivity index (χ1n) is 9.19. The highest BCUT2D eigenvalue weighted by Gasteiger charge is 2.26. The van der Waals surface area contributed by atoms with Crippen molar-refractivity contribution in [1.29, 1.82) is 0 Å². The van der Waals surface area contributed by atoms with Gasteiger partial charge in [-0.15, -0.1) is 0 Å². The third kappa shape index (κ3) is 5.73. The molecule has 2 atom stereocenters. The van der Waals surface area contributed by atoms with Crippen LogP contribution in [0.5, 0.6) is 0 Å². The zero-order valence-corrected chi connectivity index (χ0v) is 15.8. The van der Waals surface area contributed by atoms with Gasteiger partial charge in [-0.3, -0.25) is 9.59 Å². The van der Waals surface area contributed by atoms with Crippen molar-refractivity contribution in [3.8, 4) is 0 Å². The van der Waals surface area contributed by atoms with Gasteiger partial charge in [-0.25, -0.2) is 0 Å². The van der Waals surface area contributed by atoms with Crippen molar-refractivity contribution in [2.24, 2.45) is 0 Å². The maximum atomic E-state index is 13.0. The summed E-state index contributed by atoms with van der Waals surface area (Å²) in [5.74, 6) is -0.163. The Morgan fingerprint density at radius 2 is 1.46 bits per heavy atom. The molecule has 0 saturated heterocycles. The second-order valence-corrected chi connectivity index (χ2v) is 6.66. The minimum Gasteiger partial charge on any atom is -0.352 e. The summed E-state index contributed by atoms with van der Waals surface area (Å²) in [7, 11) is 0. The molecule has 26 heavy (non-hydrogen) atoms. The van der Waals surface area contributed by atoms with Crippen molar-refractivity contribution >= 4 is 11.8 Å². The Morgan fingerprint density at radius 1 is 0.923 bits per heavy atom. The van der Waals surface area contributed by atoms with Gasteiger partial charge in [-0.05, 0) is 31.4 Å². The Labute approximate surface area is 156 Å². The average Bonchev–Trinajstić information content (AvgIpc) is 2.66. The maximum absolute atomic E-state index is 13.0. The largest absolute Gasteiger partial charge is 0.352 e. The van der Waals surface area contributed by atoms with Crippen LogP contribution >= 0.6 is 0 Å². The average molecular weight is 352 g/mol. The van der Waals surface area contributed by atoms with Gasteiger partial charge in [0.1, 0.15) is 6.04 Å². The standard InChI is InChI=1S/C22H28N2O2/c1-4-17(2)23-22(26)18(3)24(16-20-13-9-6-10-14-20)21(25)15-19-11-7-5-8-12-19/h5-14,17-18H,4,15-16H2,1-3H3,(H,23,26). The van der Waals surface area contributed by atoms with Crippen LogP contribution in [0.25, 0.3) is 0 Å². The summed E-state index contributed by atoms with van der Waals surface area (Å²) < 4.78 is 0. The van der Waals surface area contributed by atoms with E-state index < -0.39 is 6.04 Å². The van der Waals surface area contributed by atoms with E-state index in [0.717, 1.165) is 17.5 Å². The van der Waals surface area contributed by atoms with Crippen molar-refractivity contribution in [2.75, 3.05) is 0 Å². The van der Waals surface area contributed by atoms with E-state index >= 15 is 0 Å². The monoisotopic (exact) mass is 352 g/mol. The van der Waals surface area contributed by atoms with E-state index in [0.29, 0.717) is 6.54 Å². The van der Waals surface area contributed by atoms with Gasteiger partial charge in [0.15, 0.2) is 0 Å². The molecular weight excluding hydrogens is 324 g/mol. The molecule has 0 radical (unpaired) electrons. The van der Waals surface area contributed by atoms with Crippen LogP contribution in [-0.2, 0) is 22.6 Å². The summed E-state index contributed by atoms with van der Waals surface area (Å²) in [5.41, 5.74) is 1.96. The van der Waals surface area contributed by atoms with Crippen LogP contribution in [0.1, 0.15) is 38.3 Å². The number of carbonyl (C=O) groups is 2. The van der Waals surface area contributed by atoms with Gasteiger partial charge in [-0.2, -0.15) is 0 Å². The first-order valence-corrected chi connectivity index (χ1v) is 9.19. The molecule has 0 spiro atoms. The van der Waals surface area contributed by atoms with Crippen LogP contribution in [-0.4, -0.2) is 28.8 Å². The van der Waals surface area contributed by atoms with E-state index in [1.165, 1.54) is 0 Å². The van der Waals surface area contributed by atoms with E-state index in [2.05, 4.69) is 5.32 Å².